The Kier molecular flexibility index (Phi) is 3.30. The van der Waals surface area contributed by atoms with Crippen LogP contribution < -0.4 is 5.32 Å². The van der Waals surface area contributed by atoms with E-state index in [2.05, 4.69) is 26.1 Å². The summed E-state index contributed by atoms with van der Waals surface area (Å²) in [5.74, 6) is 1.21. The third kappa shape index (κ3) is 2.45. The van der Waals surface area contributed by atoms with E-state index in [0.29, 0.717) is 11.8 Å². The summed E-state index contributed by atoms with van der Waals surface area (Å²) in [6, 6.07) is -0.563. The lowest BCUT2D eigenvalue weighted by atomic mass is 9.80. The van der Waals surface area contributed by atoms with Gasteiger partial charge in [-0.05, 0) is 42.9 Å². The molecule has 3 fully saturated rings. The summed E-state index contributed by atoms with van der Waals surface area (Å²) < 4.78 is 0. The lowest BCUT2D eigenvalue weighted by Gasteiger charge is -2.47. The largest absolute Gasteiger partial charge is 0.342 e. The summed E-state index contributed by atoms with van der Waals surface area (Å²) in [7, 11) is 0. The Morgan fingerprint density at radius 2 is 1.80 bits per heavy atom. The van der Waals surface area contributed by atoms with E-state index < -0.39 is 0 Å². The molecule has 1 saturated heterocycles. The van der Waals surface area contributed by atoms with Gasteiger partial charge >= 0.3 is 0 Å². The van der Waals surface area contributed by atoms with Crippen LogP contribution in [0.3, 0.4) is 0 Å². The number of piperazine rings is 1. The third-order valence-electron chi connectivity index (χ3n) is 5.00. The number of nitrogens with one attached hydrogen (secondary N) is 1. The van der Waals surface area contributed by atoms with E-state index in [-0.39, 0.29) is 29.3 Å². The molecule has 0 aromatic rings. The van der Waals surface area contributed by atoms with Crippen molar-refractivity contribution in [2.75, 3.05) is 6.54 Å². The highest BCUT2D eigenvalue weighted by molar-refractivity contribution is 5.97. The molecule has 20 heavy (non-hydrogen) atoms. The molecule has 1 aliphatic heterocycles. The highest BCUT2D eigenvalue weighted by Gasteiger charge is 2.50. The van der Waals surface area contributed by atoms with Crippen LogP contribution >= 0.6 is 0 Å². The van der Waals surface area contributed by atoms with Crippen molar-refractivity contribution < 1.29 is 9.59 Å². The molecule has 112 valence electrons. The lowest BCUT2D eigenvalue weighted by molar-refractivity contribution is -0.155. The number of hydrogen-bond acceptors (Lipinski definition) is 2. The Balaban J connectivity index is 1.83. The van der Waals surface area contributed by atoms with Crippen LogP contribution in [0.1, 0.15) is 52.9 Å². The van der Waals surface area contributed by atoms with Crippen molar-refractivity contribution in [2.45, 2.75) is 65.0 Å². The number of carbonyl (C=O) groups excluding carboxylic acids is 2. The SMILES string of the molecule is CC(C)(C)C1C(=O)NC(C2CC2)C(=O)N1CC1CCC1. The van der Waals surface area contributed by atoms with Crippen molar-refractivity contribution in [1.82, 2.24) is 10.2 Å². The van der Waals surface area contributed by atoms with E-state index in [1.165, 1.54) is 19.3 Å². The quantitative estimate of drug-likeness (QED) is 0.857. The van der Waals surface area contributed by atoms with Gasteiger partial charge in [-0.25, -0.2) is 0 Å². The summed E-state index contributed by atoms with van der Waals surface area (Å²) in [5.41, 5.74) is -0.210. The molecule has 1 N–H and O–H groups in total. The van der Waals surface area contributed by atoms with E-state index in [1.807, 2.05) is 4.90 Å². The van der Waals surface area contributed by atoms with Crippen LogP contribution in [-0.2, 0) is 9.59 Å². The zero-order chi connectivity index (χ0) is 14.5. The van der Waals surface area contributed by atoms with Gasteiger partial charge in [-0.15, -0.1) is 0 Å². The van der Waals surface area contributed by atoms with E-state index in [0.717, 1.165) is 19.4 Å². The maximum Gasteiger partial charge on any atom is 0.246 e. The second kappa shape index (κ2) is 4.74. The van der Waals surface area contributed by atoms with Crippen molar-refractivity contribution in [1.29, 1.82) is 0 Å². The number of carbonyl (C=O) groups is 2. The molecule has 4 heteroatoms. The zero-order valence-electron chi connectivity index (χ0n) is 12.8. The maximum absolute atomic E-state index is 12.8. The van der Waals surface area contributed by atoms with Crippen molar-refractivity contribution in [3.63, 3.8) is 0 Å². The minimum absolute atomic E-state index is 0.0494. The molecule has 3 rings (SSSR count). The summed E-state index contributed by atoms with van der Waals surface area (Å²) in [6.07, 6.45) is 5.83. The average Bonchev–Trinajstić information content (AvgIpc) is 3.09. The van der Waals surface area contributed by atoms with Crippen LogP contribution in [0.2, 0.25) is 0 Å². The molecule has 0 spiro atoms. The van der Waals surface area contributed by atoms with Gasteiger partial charge < -0.3 is 10.2 Å². The van der Waals surface area contributed by atoms with Crippen molar-refractivity contribution in [3.05, 3.63) is 0 Å². The van der Waals surface area contributed by atoms with Crippen LogP contribution in [0, 0.1) is 17.3 Å². The number of hydrogen-bond donors (Lipinski definition) is 1. The minimum Gasteiger partial charge on any atom is -0.342 e. The molecule has 4 nitrogen and oxygen atoms in total. The molecule has 0 bridgehead atoms. The number of amides is 2. The minimum atomic E-state index is -0.314. The third-order valence-corrected chi connectivity index (χ3v) is 5.00. The van der Waals surface area contributed by atoms with Gasteiger partial charge in [0.15, 0.2) is 0 Å². The molecular weight excluding hydrogens is 252 g/mol. The lowest BCUT2D eigenvalue weighted by Crippen LogP contribution is -2.68. The summed E-state index contributed by atoms with van der Waals surface area (Å²) in [6.45, 7) is 6.93. The Labute approximate surface area is 121 Å². The molecule has 2 aliphatic carbocycles. The summed E-state index contributed by atoms with van der Waals surface area (Å²) in [5, 5.41) is 2.99. The highest BCUT2D eigenvalue weighted by Crippen LogP contribution is 2.38. The zero-order valence-corrected chi connectivity index (χ0v) is 12.8. The van der Waals surface area contributed by atoms with Crippen LogP contribution in [0.15, 0.2) is 0 Å². The molecule has 2 unspecified atom stereocenters. The van der Waals surface area contributed by atoms with Crippen LogP contribution in [0.25, 0.3) is 0 Å². The maximum atomic E-state index is 12.8. The van der Waals surface area contributed by atoms with Crippen molar-refractivity contribution in [3.8, 4) is 0 Å². The van der Waals surface area contributed by atoms with Crippen molar-refractivity contribution in [2.24, 2.45) is 17.3 Å². The molecule has 0 radical (unpaired) electrons. The van der Waals surface area contributed by atoms with Gasteiger partial charge in [0.05, 0.1) is 0 Å². The normalized spacial score (nSPS) is 32.0. The number of rotatable bonds is 3. The first-order valence-corrected chi connectivity index (χ1v) is 7.99. The monoisotopic (exact) mass is 278 g/mol. The molecule has 0 aromatic heterocycles. The Morgan fingerprint density at radius 1 is 1.15 bits per heavy atom. The first-order chi connectivity index (χ1) is 9.38. The van der Waals surface area contributed by atoms with Crippen molar-refractivity contribution >= 4 is 11.8 Å². The standard InChI is InChI=1S/C16H26N2O2/c1-16(2,3)13-14(19)17-12(11-7-8-11)15(20)18(13)9-10-5-4-6-10/h10-13H,4-9H2,1-3H3,(H,17,19). The average molecular weight is 278 g/mol. The molecule has 2 amide bonds. The smallest absolute Gasteiger partial charge is 0.246 e. The fraction of sp³-hybridized carbons (Fsp3) is 0.875. The van der Waals surface area contributed by atoms with Gasteiger partial charge in [-0.3, -0.25) is 9.59 Å². The van der Waals surface area contributed by atoms with E-state index >= 15 is 0 Å². The van der Waals surface area contributed by atoms with Gasteiger partial charge in [-0.2, -0.15) is 0 Å². The molecule has 1 heterocycles. The van der Waals surface area contributed by atoms with E-state index in [4.69, 9.17) is 0 Å². The molecular formula is C16H26N2O2. The van der Waals surface area contributed by atoms with Gasteiger partial charge in [0.2, 0.25) is 11.8 Å². The Hall–Kier alpha value is -1.06. The van der Waals surface area contributed by atoms with Crippen LogP contribution in [-0.4, -0.2) is 35.3 Å². The fourth-order valence-electron chi connectivity index (χ4n) is 3.50. The number of nitrogens with zero attached hydrogens (tertiary/aromatic N) is 1. The van der Waals surface area contributed by atoms with Gasteiger partial charge in [0.1, 0.15) is 12.1 Å². The van der Waals surface area contributed by atoms with Crippen LogP contribution in [0.4, 0.5) is 0 Å². The van der Waals surface area contributed by atoms with Crippen LogP contribution in [0.5, 0.6) is 0 Å². The topological polar surface area (TPSA) is 49.4 Å². The van der Waals surface area contributed by atoms with Gasteiger partial charge in [0.25, 0.3) is 0 Å². The molecule has 2 atom stereocenters. The highest BCUT2D eigenvalue weighted by atomic mass is 16.2. The fourth-order valence-corrected chi connectivity index (χ4v) is 3.50. The Bertz CT molecular complexity index is 419. The van der Waals surface area contributed by atoms with E-state index in [9.17, 15) is 9.59 Å². The predicted molar refractivity (Wildman–Crippen MR) is 77.0 cm³/mol. The van der Waals surface area contributed by atoms with Gasteiger partial charge in [0, 0.05) is 6.54 Å². The summed E-state index contributed by atoms with van der Waals surface area (Å²) in [4.78, 5) is 27.2. The Morgan fingerprint density at radius 3 is 2.25 bits per heavy atom. The molecule has 3 aliphatic rings. The second-order valence-electron chi connectivity index (χ2n) is 7.88. The first kappa shape index (κ1) is 13.9. The van der Waals surface area contributed by atoms with E-state index in [1.54, 1.807) is 0 Å². The molecule has 2 saturated carbocycles. The second-order valence-corrected chi connectivity index (χ2v) is 7.88. The predicted octanol–water partition coefficient (Wildman–Crippen LogP) is 1.94. The summed E-state index contributed by atoms with van der Waals surface area (Å²) >= 11 is 0. The molecule has 0 aromatic carbocycles. The first-order valence-electron chi connectivity index (χ1n) is 7.99. The van der Waals surface area contributed by atoms with Gasteiger partial charge in [-0.1, -0.05) is 27.2 Å².